The van der Waals surface area contributed by atoms with Crippen molar-refractivity contribution in [1.82, 2.24) is 10.2 Å². The molecule has 1 amide bonds. The first-order valence-corrected chi connectivity index (χ1v) is 7.45. The Morgan fingerprint density at radius 3 is 2.72 bits per heavy atom. The van der Waals surface area contributed by atoms with Gasteiger partial charge >= 0.3 is 0 Å². The molecule has 1 unspecified atom stereocenters. The number of nitrogens with one attached hydrogen (secondary N) is 1. The van der Waals surface area contributed by atoms with Crippen molar-refractivity contribution >= 4 is 5.91 Å². The molecule has 0 aromatic heterocycles. The van der Waals surface area contributed by atoms with E-state index < -0.39 is 0 Å². The van der Waals surface area contributed by atoms with Crippen LogP contribution in [0.1, 0.15) is 45.4 Å². The van der Waals surface area contributed by atoms with Gasteiger partial charge in [-0.1, -0.05) is 12.8 Å². The van der Waals surface area contributed by atoms with Crippen molar-refractivity contribution in [3.63, 3.8) is 0 Å². The largest absolute Gasteiger partial charge is 0.378 e. The van der Waals surface area contributed by atoms with Gasteiger partial charge in [0.05, 0.1) is 18.8 Å². The highest BCUT2D eigenvalue weighted by Crippen LogP contribution is 2.36. The summed E-state index contributed by atoms with van der Waals surface area (Å²) in [5.41, 5.74) is 0. The Morgan fingerprint density at radius 1 is 1.33 bits per heavy atom. The maximum atomic E-state index is 12.1. The lowest BCUT2D eigenvalue weighted by molar-refractivity contribution is -0.137. The highest BCUT2D eigenvalue weighted by Gasteiger charge is 2.45. The third-order valence-electron chi connectivity index (χ3n) is 4.76. The topological polar surface area (TPSA) is 41.6 Å². The van der Waals surface area contributed by atoms with Crippen LogP contribution in [0, 0.1) is 5.92 Å². The number of carbonyl (C=O) groups excluding carboxylic acids is 1. The number of carbonyl (C=O) groups is 1. The van der Waals surface area contributed by atoms with Crippen LogP contribution in [0.2, 0.25) is 0 Å². The summed E-state index contributed by atoms with van der Waals surface area (Å²) in [6.07, 6.45) is 7.99. The molecule has 0 aromatic rings. The minimum Gasteiger partial charge on any atom is -0.378 e. The van der Waals surface area contributed by atoms with Gasteiger partial charge in [0.15, 0.2) is 0 Å². The number of nitrogens with zero attached hydrogens (tertiary/aromatic N) is 1. The van der Waals surface area contributed by atoms with Crippen molar-refractivity contribution in [2.75, 3.05) is 13.2 Å². The molecule has 1 saturated heterocycles. The summed E-state index contributed by atoms with van der Waals surface area (Å²) >= 11 is 0. The average molecular weight is 252 g/mol. The third kappa shape index (κ3) is 2.16. The Morgan fingerprint density at radius 2 is 2.06 bits per heavy atom. The van der Waals surface area contributed by atoms with E-state index in [1.165, 1.54) is 25.7 Å². The van der Waals surface area contributed by atoms with Gasteiger partial charge in [-0.25, -0.2) is 0 Å². The molecular formula is C14H24N2O2. The van der Waals surface area contributed by atoms with E-state index in [9.17, 15) is 4.79 Å². The first-order chi connectivity index (χ1) is 8.79. The maximum absolute atomic E-state index is 12.1. The first kappa shape index (κ1) is 12.4. The van der Waals surface area contributed by atoms with Gasteiger partial charge in [-0.2, -0.15) is 0 Å². The van der Waals surface area contributed by atoms with Gasteiger partial charge in [0.2, 0.25) is 5.91 Å². The molecule has 102 valence electrons. The number of hydrogen-bond donors (Lipinski definition) is 1. The Kier molecular flexibility index (Phi) is 3.57. The van der Waals surface area contributed by atoms with Crippen LogP contribution in [-0.4, -0.2) is 42.3 Å². The van der Waals surface area contributed by atoms with Crippen molar-refractivity contribution < 1.29 is 9.53 Å². The van der Waals surface area contributed by atoms with Crippen LogP contribution in [0.4, 0.5) is 0 Å². The van der Waals surface area contributed by atoms with Crippen LogP contribution < -0.4 is 5.32 Å². The number of amides is 1. The molecule has 1 heterocycles. The van der Waals surface area contributed by atoms with Crippen molar-refractivity contribution in [1.29, 1.82) is 0 Å². The fourth-order valence-corrected chi connectivity index (χ4v) is 3.77. The molecule has 4 heteroatoms. The van der Waals surface area contributed by atoms with Gasteiger partial charge in [0, 0.05) is 12.6 Å². The fourth-order valence-electron chi connectivity index (χ4n) is 3.77. The highest BCUT2D eigenvalue weighted by atomic mass is 16.5. The number of ether oxygens (including phenoxy) is 1. The van der Waals surface area contributed by atoms with Crippen molar-refractivity contribution in [3.05, 3.63) is 0 Å². The van der Waals surface area contributed by atoms with Gasteiger partial charge in [-0.05, 0) is 38.5 Å². The van der Waals surface area contributed by atoms with E-state index in [1.54, 1.807) is 0 Å². The maximum Gasteiger partial charge on any atom is 0.238 e. The smallest absolute Gasteiger partial charge is 0.238 e. The van der Waals surface area contributed by atoms with Crippen LogP contribution >= 0.6 is 0 Å². The van der Waals surface area contributed by atoms with Gasteiger partial charge in [0.25, 0.3) is 0 Å². The minimum absolute atomic E-state index is 0.298. The number of hydrogen-bond acceptors (Lipinski definition) is 3. The van der Waals surface area contributed by atoms with Crippen LogP contribution in [0.15, 0.2) is 0 Å². The van der Waals surface area contributed by atoms with Crippen LogP contribution in [-0.2, 0) is 9.53 Å². The molecule has 1 aliphatic heterocycles. The zero-order valence-electron chi connectivity index (χ0n) is 11.2. The Hall–Kier alpha value is -0.610. The van der Waals surface area contributed by atoms with Gasteiger partial charge < -0.3 is 9.64 Å². The number of rotatable bonds is 4. The predicted molar refractivity (Wildman–Crippen MR) is 69.0 cm³/mol. The van der Waals surface area contributed by atoms with E-state index in [1.807, 2.05) is 6.92 Å². The fraction of sp³-hybridized carbons (Fsp3) is 0.929. The predicted octanol–water partition coefficient (Wildman–Crippen LogP) is 1.50. The summed E-state index contributed by atoms with van der Waals surface area (Å²) in [6, 6.07) is 0.426. The standard InChI is InChI=1S/C14H24N2O2/c1-2-18-12-7-11(8-12)16-13(17)9-15-14(16)10-5-3-4-6-10/h10-12,14-15H,2-9H2,1H3. The molecular weight excluding hydrogens is 228 g/mol. The lowest BCUT2D eigenvalue weighted by atomic mass is 9.86. The summed E-state index contributed by atoms with van der Waals surface area (Å²) in [7, 11) is 0. The van der Waals surface area contributed by atoms with E-state index in [0.29, 0.717) is 36.7 Å². The molecule has 0 radical (unpaired) electrons. The molecule has 3 fully saturated rings. The van der Waals surface area contributed by atoms with E-state index in [2.05, 4.69) is 10.2 Å². The Labute approximate surface area is 109 Å². The quantitative estimate of drug-likeness (QED) is 0.824. The molecule has 1 atom stereocenters. The molecule has 18 heavy (non-hydrogen) atoms. The van der Waals surface area contributed by atoms with Crippen molar-refractivity contribution in [2.24, 2.45) is 5.92 Å². The SMILES string of the molecule is CCOC1CC(N2C(=O)CNC2C2CCCC2)C1. The molecule has 2 saturated carbocycles. The minimum atomic E-state index is 0.298. The van der Waals surface area contributed by atoms with Crippen LogP contribution in [0.5, 0.6) is 0 Å². The molecule has 2 aliphatic carbocycles. The van der Waals surface area contributed by atoms with Crippen LogP contribution in [0.25, 0.3) is 0 Å². The summed E-state index contributed by atoms with van der Waals surface area (Å²) in [6.45, 7) is 3.36. The zero-order valence-corrected chi connectivity index (χ0v) is 11.2. The molecule has 0 aromatic carbocycles. The third-order valence-corrected chi connectivity index (χ3v) is 4.76. The molecule has 4 nitrogen and oxygen atoms in total. The molecule has 3 aliphatic rings. The second-order valence-corrected chi connectivity index (χ2v) is 5.87. The zero-order chi connectivity index (χ0) is 12.5. The monoisotopic (exact) mass is 252 g/mol. The van der Waals surface area contributed by atoms with E-state index in [4.69, 9.17) is 4.74 Å². The molecule has 0 spiro atoms. The average Bonchev–Trinajstić information content (AvgIpc) is 2.92. The van der Waals surface area contributed by atoms with E-state index in [-0.39, 0.29) is 0 Å². The second kappa shape index (κ2) is 5.17. The second-order valence-electron chi connectivity index (χ2n) is 5.87. The Balaban J connectivity index is 1.60. The highest BCUT2D eigenvalue weighted by molar-refractivity contribution is 5.81. The van der Waals surface area contributed by atoms with E-state index >= 15 is 0 Å². The summed E-state index contributed by atoms with van der Waals surface area (Å²) < 4.78 is 5.61. The summed E-state index contributed by atoms with van der Waals surface area (Å²) in [4.78, 5) is 14.2. The molecule has 0 bridgehead atoms. The van der Waals surface area contributed by atoms with Gasteiger partial charge in [0.1, 0.15) is 0 Å². The summed E-state index contributed by atoms with van der Waals surface area (Å²) in [5.74, 6) is 0.981. The normalized spacial score (nSPS) is 37.3. The first-order valence-electron chi connectivity index (χ1n) is 7.45. The van der Waals surface area contributed by atoms with Gasteiger partial charge in [-0.15, -0.1) is 0 Å². The molecule has 1 N–H and O–H groups in total. The molecule has 3 rings (SSSR count). The van der Waals surface area contributed by atoms with E-state index in [0.717, 1.165) is 19.4 Å². The lowest BCUT2D eigenvalue weighted by Gasteiger charge is -2.44. The lowest BCUT2D eigenvalue weighted by Crippen LogP contribution is -2.54. The van der Waals surface area contributed by atoms with Crippen LogP contribution in [0.3, 0.4) is 0 Å². The summed E-state index contributed by atoms with van der Waals surface area (Å²) in [5, 5.41) is 3.43. The Bertz CT molecular complexity index is 309. The van der Waals surface area contributed by atoms with Crippen molar-refractivity contribution in [3.8, 4) is 0 Å². The van der Waals surface area contributed by atoms with Gasteiger partial charge in [-0.3, -0.25) is 10.1 Å². The van der Waals surface area contributed by atoms with Crippen molar-refractivity contribution in [2.45, 2.75) is 63.8 Å².